The Bertz CT molecular complexity index is 395. The summed E-state index contributed by atoms with van der Waals surface area (Å²) in [5.41, 5.74) is 6.85. The first-order chi connectivity index (χ1) is 10.2. The van der Waals surface area contributed by atoms with E-state index in [1.54, 1.807) is 12.1 Å². The summed E-state index contributed by atoms with van der Waals surface area (Å²) >= 11 is 0. The van der Waals surface area contributed by atoms with Crippen LogP contribution in [-0.2, 0) is 6.42 Å². The fourth-order valence-corrected chi connectivity index (χ4v) is 2.34. The quantitative estimate of drug-likeness (QED) is 0.593. The third-order valence-electron chi connectivity index (χ3n) is 3.78. The lowest BCUT2D eigenvalue weighted by Crippen LogP contribution is -2.21. The second-order valence-corrected chi connectivity index (χ2v) is 5.74. The van der Waals surface area contributed by atoms with Crippen molar-refractivity contribution in [1.29, 1.82) is 0 Å². The number of hydrogen-bond donors (Lipinski definition) is 1. The highest BCUT2D eigenvalue weighted by molar-refractivity contribution is 5.34. The van der Waals surface area contributed by atoms with Crippen LogP contribution in [0.2, 0.25) is 0 Å². The molecule has 1 aromatic rings. The van der Waals surface area contributed by atoms with Gasteiger partial charge in [0.05, 0.1) is 6.61 Å². The average Bonchev–Trinajstić information content (AvgIpc) is 2.48. The minimum absolute atomic E-state index is 0.0585. The van der Waals surface area contributed by atoms with Crippen LogP contribution >= 0.6 is 0 Å². The van der Waals surface area contributed by atoms with Gasteiger partial charge in [-0.3, -0.25) is 0 Å². The molecule has 0 aliphatic rings. The standard InChI is InChI=1S/C18H30FNO/c1-3-5-6-7-8-9-12-21-18-11-10-16(19)13-15(18)14-17(20)4-2/h10-11,13,17H,3-9,12,14,20H2,1-2H3. The molecule has 0 radical (unpaired) electrons. The second kappa shape index (κ2) is 10.6. The van der Waals surface area contributed by atoms with Gasteiger partial charge in [0.15, 0.2) is 0 Å². The number of halogens is 1. The molecule has 0 bridgehead atoms. The highest BCUT2D eigenvalue weighted by Gasteiger charge is 2.09. The SMILES string of the molecule is CCCCCCCCOc1ccc(F)cc1CC(N)CC. The van der Waals surface area contributed by atoms with Gasteiger partial charge in [0.1, 0.15) is 11.6 Å². The second-order valence-electron chi connectivity index (χ2n) is 5.74. The Morgan fingerprint density at radius 2 is 1.81 bits per heavy atom. The molecular weight excluding hydrogens is 265 g/mol. The molecule has 2 N–H and O–H groups in total. The third kappa shape index (κ3) is 7.47. The molecule has 0 aliphatic carbocycles. The van der Waals surface area contributed by atoms with Crippen LogP contribution in [0.4, 0.5) is 4.39 Å². The third-order valence-corrected chi connectivity index (χ3v) is 3.78. The molecule has 0 amide bonds. The predicted octanol–water partition coefficient (Wildman–Crippen LogP) is 4.84. The predicted molar refractivity (Wildman–Crippen MR) is 87.2 cm³/mol. The Hall–Kier alpha value is -1.09. The van der Waals surface area contributed by atoms with Crippen molar-refractivity contribution < 1.29 is 9.13 Å². The fourth-order valence-electron chi connectivity index (χ4n) is 2.34. The zero-order valence-electron chi connectivity index (χ0n) is 13.5. The van der Waals surface area contributed by atoms with Crippen molar-refractivity contribution in [2.75, 3.05) is 6.61 Å². The number of unbranched alkanes of at least 4 members (excludes halogenated alkanes) is 5. The molecule has 1 unspecified atom stereocenters. The van der Waals surface area contributed by atoms with E-state index >= 15 is 0 Å². The van der Waals surface area contributed by atoms with Crippen LogP contribution in [0.15, 0.2) is 18.2 Å². The van der Waals surface area contributed by atoms with Gasteiger partial charge in [-0.2, -0.15) is 0 Å². The maximum atomic E-state index is 13.4. The van der Waals surface area contributed by atoms with E-state index in [1.807, 2.05) is 6.92 Å². The topological polar surface area (TPSA) is 35.2 Å². The number of benzene rings is 1. The smallest absolute Gasteiger partial charge is 0.123 e. The highest BCUT2D eigenvalue weighted by atomic mass is 19.1. The maximum absolute atomic E-state index is 13.4. The Balaban J connectivity index is 2.39. The number of nitrogens with two attached hydrogens (primary N) is 1. The molecule has 0 aromatic heterocycles. The van der Waals surface area contributed by atoms with Crippen LogP contribution in [-0.4, -0.2) is 12.6 Å². The van der Waals surface area contributed by atoms with E-state index in [1.165, 1.54) is 38.2 Å². The minimum Gasteiger partial charge on any atom is -0.493 e. The summed E-state index contributed by atoms with van der Waals surface area (Å²) in [6, 6.07) is 4.79. The van der Waals surface area contributed by atoms with E-state index < -0.39 is 0 Å². The molecule has 0 saturated carbocycles. The maximum Gasteiger partial charge on any atom is 0.123 e. The summed E-state index contributed by atoms with van der Waals surface area (Å²) in [6.45, 7) is 4.97. The van der Waals surface area contributed by atoms with Crippen LogP contribution in [0, 0.1) is 5.82 Å². The van der Waals surface area contributed by atoms with Crippen LogP contribution in [0.1, 0.15) is 64.4 Å². The van der Waals surface area contributed by atoms with Gasteiger partial charge in [-0.15, -0.1) is 0 Å². The van der Waals surface area contributed by atoms with Crippen LogP contribution < -0.4 is 10.5 Å². The van der Waals surface area contributed by atoms with Gasteiger partial charge in [0, 0.05) is 6.04 Å². The van der Waals surface area contributed by atoms with Gasteiger partial charge in [-0.25, -0.2) is 4.39 Å². The zero-order chi connectivity index (χ0) is 15.5. The molecule has 0 aliphatic heterocycles. The van der Waals surface area contributed by atoms with E-state index in [4.69, 9.17) is 10.5 Å². The van der Waals surface area contributed by atoms with E-state index in [0.29, 0.717) is 13.0 Å². The van der Waals surface area contributed by atoms with Crippen LogP contribution in [0.3, 0.4) is 0 Å². The molecule has 1 atom stereocenters. The van der Waals surface area contributed by atoms with Crippen LogP contribution in [0.5, 0.6) is 5.75 Å². The first-order valence-electron chi connectivity index (χ1n) is 8.34. The molecule has 0 fully saturated rings. The highest BCUT2D eigenvalue weighted by Crippen LogP contribution is 2.22. The van der Waals surface area contributed by atoms with Crippen molar-refractivity contribution in [2.45, 2.75) is 71.3 Å². The van der Waals surface area contributed by atoms with Crippen LogP contribution in [0.25, 0.3) is 0 Å². The first-order valence-corrected chi connectivity index (χ1v) is 8.34. The normalized spacial score (nSPS) is 12.4. The molecule has 0 heterocycles. The Morgan fingerprint density at radius 1 is 1.10 bits per heavy atom. The molecule has 2 nitrogen and oxygen atoms in total. The molecule has 3 heteroatoms. The molecular formula is C18H30FNO. The lowest BCUT2D eigenvalue weighted by atomic mass is 10.0. The lowest BCUT2D eigenvalue weighted by Gasteiger charge is -2.14. The van der Waals surface area contributed by atoms with Crippen molar-refractivity contribution in [1.82, 2.24) is 0 Å². The zero-order valence-corrected chi connectivity index (χ0v) is 13.5. The summed E-state index contributed by atoms with van der Waals surface area (Å²) in [6.07, 6.45) is 8.97. The molecule has 120 valence electrons. The monoisotopic (exact) mass is 295 g/mol. The van der Waals surface area contributed by atoms with Crippen molar-refractivity contribution in [3.8, 4) is 5.75 Å². The van der Waals surface area contributed by atoms with Crippen molar-refractivity contribution in [3.05, 3.63) is 29.6 Å². The van der Waals surface area contributed by atoms with E-state index in [9.17, 15) is 4.39 Å². The van der Waals surface area contributed by atoms with Crippen molar-refractivity contribution in [2.24, 2.45) is 5.73 Å². The molecule has 0 spiro atoms. The number of rotatable bonds is 11. The average molecular weight is 295 g/mol. The summed E-state index contributed by atoms with van der Waals surface area (Å²) in [4.78, 5) is 0. The molecule has 21 heavy (non-hydrogen) atoms. The van der Waals surface area contributed by atoms with E-state index in [2.05, 4.69) is 6.92 Å². The van der Waals surface area contributed by atoms with Gasteiger partial charge >= 0.3 is 0 Å². The van der Waals surface area contributed by atoms with Gasteiger partial charge in [0.2, 0.25) is 0 Å². The minimum atomic E-state index is -0.222. The largest absolute Gasteiger partial charge is 0.493 e. The van der Waals surface area contributed by atoms with Gasteiger partial charge in [-0.1, -0.05) is 46.0 Å². The molecule has 0 saturated heterocycles. The first kappa shape index (κ1) is 18.0. The Labute approximate surface area is 128 Å². The van der Waals surface area contributed by atoms with Gasteiger partial charge in [-0.05, 0) is 43.0 Å². The van der Waals surface area contributed by atoms with Crippen molar-refractivity contribution in [3.63, 3.8) is 0 Å². The lowest BCUT2D eigenvalue weighted by molar-refractivity contribution is 0.300. The van der Waals surface area contributed by atoms with Crippen molar-refractivity contribution >= 4 is 0 Å². The summed E-state index contributed by atoms with van der Waals surface area (Å²) in [5.74, 6) is 0.564. The number of ether oxygens (including phenoxy) is 1. The summed E-state index contributed by atoms with van der Waals surface area (Å²) in [5, 5.41) is 0. The Morgan fingerprint density at radius 3 is 2.52 bits per heavy atom. The Kier molecular flexibility index (Phi) is 9.07. The fraction of sp³-hybridized carbons (Fsp3) is 0.667. The van der Waals surface area contributed by atoms with Gasteiger partial charge in [0.25, 0.3) is 0 Å². The van der Waals surface area contributed by atoms with E-state index in [0.717, 1.165) is 24.2 Å². The summed E-state index contributed by atoms with van der Waals surface area (Å²) in [7, 11) is 0. The molecule has 1 rings (SSSR count). The molecule has 1 aromatic carbocycles. The van der Waals surface area contributed by atoms with E-state index in [-0.39, 0.29) is 11.9 Å². The van der Waals surface area contributed by atoms with Gasteiger partial charge < -0.3 is 10.5 Å². The number of hydrogen-bond acceptors (Lipinski definition) is 2. The summed E-state index contributed by atoms with van der Waals surface area (Å²) < 4.78 is 19.2.